The third-order valence-corrected chi connectivity index (χ3v) is 4.12. The number of hydrogen-bond acceptors (Lipinski definition) is 4. The fourth-order valence-corrected chi connectivity index (χ4v) is 2.63. The number of carbonyl (C=O) groups is 1. The lowest BCUT2D eigenvalue weighted by atomic mass is 9.87. The van der Waals surface area contributed by atoms with Crippen LogP contribution in [-0.2, 0) is 10.2 Å². The first-order chi connectivity index (χ1) is 11.9. The molecule has 2 aromatic rings. The Morgan fingerprint density at radius 3 is 2.56 bits per heavy atom. The summed E-state index contributed by atoms with van der Waals surface area (Å²) in [6.07, 6.45) is -0.710. The monoisotopic (exact) mass is 341 g/mol. The minimum Gasteiger partial charge on any atom is -0.495 e. The SMILES string of the molecule is COc1ccc(C(C)(C)C)cc1NC(=O)[C@@H]1COc2ccccc2O1. The van der Waals surface area contributed by atoms with Gasteiger partial charge in [0.05, 0.1) is 12.8 Å². The third-order valence-electron chi connectivity index (χ3n) is 4.12. The molecule has 1 N–H and O–H groups in total. The Balaban J connectivity index is 1.79. The van der Waals surface area contributed by atoms with Gasteiger partial charge in [-0.3, -0.25) is 4.79 Å². The van der Waals surface area contributed by atoms with Gasteiger partial charge in [0.2, 0.25) is 6.10 Å². The molecule has 1 heterocycles. The molecule has 0 unspecified atom stereocenters. The number of ether oxygens (including phenoxy) is 3. The van der Waals surface area contributed by atoms with Gasteiger partial charge >= 0.3 is 0 Å². The summed E-state index contributed by atoms with van der Waals surface area (Å²) in [5.74, 6) is 1.57. The van der Waals surface area contributed by atoms with Crippen LogP contribution in [0.25, 0.3) is 0 Å². The molecule has 5 nitrogen and oxygen atoms in total. The standard InChI is InChI=1S/C20H23NO4/c1-20(2,3)13-9-10-15(23-4)14(11-13)21-19(22)18-12-24-16-7-5-6-8-17(16)25-18/h5-11,18H,12H2,1-4H3,(H,21,22)/t18-/m0/s1. The number of methoxy groups -OCH3 is 1. The lowest BCUT2D eigenvalue weighted by molar-refractivity contribution is -0.125. The third kappa shape index (κ3) is 3.71. The van der Waals surface area contributed by atoms with E-state index in [2.05, 4.69) is 26.1 Å². The van der Waals surface area contributed by atoms with Crippen LogP contribution in [-0.4, -0.2) is 25.7 Å². The van der Waals surface area contributed by atoms with E-state index in [9.17, 15) is 4.79 Å². The van der Waals surface area contributed by atoms with Crippen molar-refractivity contribution in [2.75, 3.05) is 19.0 Å². The molecule has 0 bridgehead atoms. The Morgan fingerprint density at radius 2 is 1.88 bits per heavy atom. The summed E-state index contributed by atoms with van der Waals surface area (Å²) in [4.78, 5) is 12.6. The summed E-state index contributed by atoms with van der Waals surface area (Å²) >= 11 is 0. The maximum absolute atomic E-state index is 12.6. The van der Waals surface area contributed by atoms with E-state index in [1.165, 1.54) is 0 Å². The van der Waals surface area contributed by atoms with Gasteiger partial charge in [0.15, 0.2) is 11.5 Å². The van der Waals surface area contributed by atoms with Crippen LogP contribution in [0, 0.1) is 0 Å². The molecular formula is C20H23NO4. The average molecular weight is 341 g/mol. The van der Waals surface area contributed by atoms with E-state index in [-0.39, 0.29) is 17.9 Å². The molecule has 25 heavy (non-hydrogen) atoms. The van der Waals surface area contributed by atoms with Crippen molar-refractivity contribution in [1.29, 1.82) is 0 Å². The molecule has 1 atom stereocenters. The second-order valence-corrected chi connectivity index (χ2v) is 7.02. The maximum atomic E-state index is 12.6. The van der Waals surface area contributed by atoms with E-state index >= 15 is 0 Å². The van der Waals surface area contributed by atoms with Crippen molar-refractivity contribution in [2.24, 2.45) is 0 Å². The highest BCUT2D eigenvalue weighted by Crippen LogP contribution is 2.33. The number of para-hydroxylation sites is 2. The highest BCUT2D eigenvalue weighted by atomic mass is 16.6. The Hall–Kier alpha value is -2.69. The topological polar surface area (TPSA) is 56.8 Å². The fourth-order valence-electron chi connectivity index (χ4n) is 2.63. The molecule has 0 saturated heterocycles. The van der Waals surface area contributed by atoms with Crippen LogP contribution in [0.3, 0.4) is 0 Å². The first-order valence-corrected chi connectivity index (χ1v) is 8.26. The molecule has 132 valence electrons. The number of benzene rings is 2. The summed E-state index contributed by atoms with van der Waals surface area (Å²) in [7, 11) is 1.58. The number of hydrogen-bond donors (Lipinski definition) is 1. The molecule has 0 aromatic heterocycles. The van der Waals surface area contributed by atoms with Gasteiger partial charge in [-0.1, -0.05) is 39.0 Å². The predicted octanol–water partition coefficient (Wildman–Crippen LogP) is 3.77. The van der Waals surface area contributed by atoms with Crippen molar-refractivity contribution in [3.63, 3.8) is 0 Å². The number of amides is 1. The summed E-state index contributed by atoms with van der Waals surface area (Å²) in [5.41, 5.74) is 1.70. The zero-order chi connectivity index (χ0) is 18.0. The molecule has 3 rings (SSSR count). The van der Waals surface area contributed by atoms with Gasteiger partial charge < -0.3 is 19.5 Å². The molecular weight excluding hydrogens is 318 g/mol. The van der Waals surface area contributed by atoms with Crippen LogP contribution in [0.15, 0.2) is 42.5 Å². The second kappa shape index (κ2) is 6.67. The molecule has 1 aliphatic rings. The van der Waals surface area contributed by atoms with E-state index in [1.807, 2.05) is 36.4 Å². The van der Waals surface area contributed by atoms with E-state index in [4.69, 9.17) is 14.2 Å². The molecule has 0 spiro atoms. The van der Waals surface area contributed by atoms with Gasteiger partial charge in [0.25, 0.3) is 5.91 Å². The van der Waals surface area contributed by atoms with Gasteiger partial charge in [-0.15, -0.1) is 0 Å². The van der Waals surface area contributed by atoms with E-state index in [0.29, 0.717) is 22.9 Å². The zero-order valence-corrected chi connectivity index (χ0v) is 15.0. The number of carbonyl (C=O) groups excluding carboxylic acids is 1. The number of rotatable bonds is 3. The summed E-state index contributed by atoms with van der Waals surface area (Å²) in [5, 5.41) is 2.91. The summed E-state index contributed by atoms with van der Waals surface area (Å²) in [6.45, 7) is 6.53. The first kappa shape index (κ1) is 17.1. The van der Waals surface area contributed by atoms with Crippen molar-refractivity contribution in [1.82, 2.24) is 0 Å². The molecule has 1 amide bonds. The average Bonchev–Trinajstić information content (AvgIpc) is 2.60. The molecule has 0 saturated carbocycles. The Morgan fingerprint density at radius 1 is 1.16 bits per heavy atom. The van der Waals surface area contributed by atoms with Crippen molar-refractivity contribution >= 4 is 11.6 Å². The van der Waals surface area contributed by atoms with Crippen molar-refractivity contribution in [3.05, 3.63) is 48.0 Å². The largest absolute Gasteiger partial charge is 0.495 e. The first-order valence-electron chi connectivity index (χ1n) is 8.26. The fraction of sp³-hybridized carbons (Fsp3) is 0.350. The predicted molar refractivity (Wildman–Crippen MR) is 96.7 cm³/mol. The molecule has 1 aliphatic heterocycles. The quantitative estimate of drug-likeness (QED) is 0.923. The van der Waals surface area contributed by atoms with Crippen LogP contribution in [0.1, 0.15) is 26.3 Å². The van der Waals surface area contributed by atoms with Crippen molar-refractivity contribution in [3.8, 4) is 17.2 Å². The van der Waals surface area contributed by atoms with E-state index in [0.717, 1.165) is 5.56 Å². The highest BCUT2D eigenvalue weighted by Gasteiger charge is 2.28. The number of fused-ring (bicyclic) bond motifs is 1. The minimum atomic E-state index is -0.710. The zero-order valence-electron chi connectivity index (χ0n) is 15.0. The number of nitrogens with one attached hydrogen (secondary N) is 1. The van der Waals surface area contributed by atoms with Crippen LogP contribution < -0.4 is 19.5 Å². The molecule has 5 heteroatoms. The highest BCUT2D eigenvalue weighted by molar-refractivity contribution is 5.96. The lowest BCUT2D eigenvalue weighted by Crippen LogP contribution is -2.40. The van der Waals surface area contributed by atoms with Gasteiger partial charge in [-0.05, 0) is 35.2 Å². The van der Waals surface area contributed by atoms with Crippen molar-refractivity contribution < 1.29 is 19.0 Å². The van der Waals surface area contributed by atoms with Gasteiger partial charge in [-0.25, -0.2) is 0 Å². The van der Waals surface area contributed by atoms with Gasteiger partial charge in [0, 0.05) is 0 Å². The van der Waals surface area contributed by atoms with E-state index in [1.54, 1.807) is 13.2 Å². The summed E-state index contributed by atoms with van der Waals surface area (Å²) in [6, 6.07) is 13.1. The number of anilines is 1. The maximum Gasteiger partial charge on any atom is 0.269 e. The molecule has 0 radical (unpaired) electrons. The van der Waals surface area contributed by atoms with Gasteiger partial charge in [-0.2, -0.15) is 0 Å². The van der Waals surface area contributed by atoms with Crippen molar-refractivity contribution in [2.45, 2.75) is 32.3 Å². The van der Waals surface area contributed by atoms with Crippen LogP contribution in [0.5, 0.6) is 17.2 Å². The molecule has 0 fully saturated rings. The van der Waals surface area contributed by atoms with Crippen LogP contribution in [0.4, 0.5) is 5.69 Å². The lowest BCUT2D eigenvalue weighted by Gasteiger charge is -2.26. The van der Waals surface area contributed by atoms with Gasteiger partial charge in [0.1, 0.15) is 12.4 Å². The Labute approximate surface area is 147 Å². The smallest absolute Gasteiger partial charge is 0.269 e. The molecule has 2 aromatic carbocycles. The Kier molecular flexibility index (Phi) is 4.57. The summed E-state index contributed by atoms with van der Waals surface area (Å²) < 4.78 is 16.7. The van der Waals surface area contributed by atoms with Crippen LogP contribution >= 0.6 is 0 Å². The second-order valence-electron chi connectivity index (χ2n) is 7.02. The minimum absolute atomic E-state index is 0.0326. The van der Waals surface area contributed by atoms with Crippen LogP contribution in [0.2, 0.25) is 0 Å². The van der Waals surface area contributed by atoms with E-state index < -0.39 is 6.10 Å². The molecule has 0 aliphatic carbocycles. The normalized spacial score (nSPS) is 16.2. The Bertz CT molecular complexity index is 780.